The summed E-state index contributed by atoms with van der Waals surface area (Å²) in [6, 6.07) is 9.40. The van der Waals surface area contributed by atoms with Gasteiger partial charge >= 0.3 is 0 Å². The van der Waals surface area contributed by atoms with Crippen LogP contribution in [-0.2, 0) is 9.53 Å². The van der Waals surface area contributed by atoms with E-state index in [1.165, 1.54) is 17.2 Å². The fraction of sp³-hybridized carbons (Fsp3) is 0.273. The molecule has 7 nitrogen and oxygen atoms in total. The van der Waals surface area contributed by atoms with Gasteiger partial charge in [0.05, 0.1) is 17.9 Å². The van der Waals surface area contributed by atoms with Gasteiger partial charge in [0.15, 0.2) is 11.5 Å². The Kier molecular flexibility index (Phi) is 6.51. The molecule has 0 radical (unpaired) electrons. The number of amides is 1. The monoisotopic (exact) mass is 397 g/mol. The average Bonchev–Trinajstić information content (AvgIpc) is 3.35. The summed E-state index contributed by atoms with van der Waals surface area (Å²) in [5, 5.41) is 10.5. The molecule has 0 fully saturated rings. The topological polar surface area (TPSA) is 89.2 Å². The van der Waals surface area contributed by atoms with E-state index in [-0.39, 0.29) is 11.3 Å². The maximum atomic E-state index is 13.0. The molecule has 1 aliphatic rings. The Labute approximate surface area is 168 Å². The summed E-state index contributed by atoms with van der Waals surface area (Å²) in [7, 11) is 1.58. The standard InChI is InChI=1S/C22H23NO6/c1-3-12-28-16-9-7-15(8-10-16)19-18(20(24)17-6-4-14-29-17)21(25)22(26)23(19)11-5-13-27-2/h3-4,6-10,14,19,25H,1,5,11-13H2,2H3. The molecule has 1 atom stereocenters. The van der Waals surface area contributed by atoms with E-state index in [4.69, 9.17) is 13.9 Å². The quantitative estimate of drug-likeness (QED) is 0.375. The van der Waals surface area contributed by atoms with Gasteiger partial charge in [-0.05, 0) is 36.2 Å². The van der Waals surface area contributed by atoms with E-state index in [1.54, 1.807) is 43.5 Å². The fourth-order valence-corrected chi connectivity index (χ4v) is 3.28. The van der Waals surface area contributed by atoms with Crippen molar-refractivity contribution in [2.45, 2.75) is 12.5 Å². The van der Waals surface area contributed by atoms with Crippen LogP contribution in [0.4, 0.5) is 0 Å². The van der Waals surface area contributed by atoms with Crippen LogP contribution in [0.2, 0.25) is 0 Å². The zero-order valence-corrected chi connectivity index (χ0v) is 16.2. The van der Waals surface area contributed by atoms with Gasteiger partial charge in [0.1, 0.15) is 12.4 Å². The van der Waals surface area contributed by atoms with Crippen molar-refractivity contribution < 1.29 is 28.6 Å². The Morgan fingerprint density at radius 2 is 2.07 bits per heavy atom. The van der Waals surface area contributed by atoms with Crippen LogP contribution in [-0.4, -0.2) is 48.6 Å². The van der Waals surface area contributed by atoms with Crippen molar-refractivity contribution in [3.63, 3.8) is 0 Å². The highest BCUT2D eigenvalue weighted by atomic mass is 16.5. The summed E-state index contributed by atoms with van der Waals surface area (Å²) in [6.45, 7) is 4.76. The Bertz CT molecular complexity index is 898. The molecule has 1 aromatic heterocycles. The highest BCUT2D eigenvalue weighted by Crippen LogP contribution is 2.39. The van der Waals surface area contributed by atoms with Crippen molar-refractivity contribution in [3.05, 3.63) is 78.0 Å². The molecule has 152 valence electrons. The minimum atomic E-state index is -0.731. The summed E-state index contributed by atoms with van der Waals surface area (Å²) < 4.78 is 15.8. The number of benzene rings is 1. The van der Waals surface area contributed by atoms with Crippen molar-refractivity contribution in [1.29, 1.82) is 0 Å². The second kappa shape index (κ2) is 9.25. The Hall–Kier alpha value is -3.32. The first-order valence-corrected chi connectivity index (χ1v) is 9.23. The summed E-state index contributed by atoms with van der Waals surface area (Å²) in [4.78, 5) is 27.2. The van der Waals surface area contributed by atoms with Gasteiger partial charge in [0.2, 0.25) is 5.78 Å². The number of carbonyl (C=O) groups is 2. The lowest BCUT2D eigenvalue weighted by molar-refractivity contribution is -0.129. The number of furan rings is 1. The van der Waals surface area contributed by atoms with Crippen LogP contribution in [0.25, 0.3) is 0 Å². The van der Waals surface area contributed by atoms with Crippen LogP contribution in [0.1, 0.15) is 28.6 Å². The smallest absolute Gasteiger partial charge is 0.290 e. The largest absolute Gasteiger partial charge is 0.503 e. The first kappa shape index (κ1) is 20.4. The van der Waals surface area contributed by atoms with Gasteiger partial charge < -0.3 is 23.9 Å². The molecular weight excluding hydrogens is 374 g/mol. The Balaban J connectivity index is 1.97. The summed E-state index contributed by atoms with van der Waals surface area (Å²) >= 11 is 0. The second-order valence-corrected chi connectivity index (χ2v) is 6.48. The summed E-state index contributed by atoms with van der Waals surface area (Å²) in [5.41, 5.74) is 0.683. The first-order chi connectivity index (χ1) is 14.1. The minimum absolute atomic E-state index is 0.00197. The van der Waals surface area contributed by atoms with Crippen molar-refractivity contribution in [3.8, 4) is 5.75 Å². The Morgan fingerprint density at radius 3 is 2.69 bits per heavy atom. The van der Waals surface area contributed by atoms with E-state index >= 15 is 0 Å². The molecule has 7 heteroatoms. The van der Waals surface area contributed by atoms with Crippen molar-refractivity contribution in [1.82, 2.24) is 4.90 Å². The van der Waals surface area contributed by atoms with E-state index in [0.717, 1.165) is 0 Å². The third kappa shape index (κ3) is 4.25. The molecular formula is C22H23NO6. The molecule has 3 rings (SSSR count). The van der Waals surface area contributed by atoms with Crippen LogP contribution < -0.4 is 4.74 Å². The second-order valence-electron chi connectivity index (χ2n) is 6.48. The first-order valence-electron chi connectivity index (χ1n) is 9.23. The number of hydrogen-bond donors (Lipinski definition) is 1. The van der Waals surface area contributed by atoms with Gasteiger partial charge in [-0.2, -0.15) is 0 Å². The van der Waals surface area contributed by atoms with Crippen LogP contribution in [0.5, 0.6) is 5.75 Å². The normalized spacial score (nSPS) is 16.4. The number of aliphatic hydroxyl groups excluding tert-OH is 1. The number of nitrogens with zero attached hydrogens (tertiary/aromatic N) is 1. The lowest BCUT2D eigenvalue weighted by Gasteiger charge is -2.26. The molecule has 0 saturated carbocycles. The van der Waals surface area contributed by atoms with Gasteiger partial charge in [-0.3, -0.25) is 9.59 Å². The molecule has 1 N–H and O–H groups in total. The number of Topliss-reactive ketones (excluding diaryl/α,β-unsaturated/α-hetero) is 1. The molecule has 1 amide bonds. The van der Waals surface area contributed by atoms with E-state index in [9.17, 15) is 14.7 Å². The molecule has 1 aliphatic heterocycles. The van der Waals surface area contributed by atoms with E-state index in [0.29, 0.717) is 37.5 Å². The Morgan fingerprint density at radius 1 is 1.31 bits per heavy atom. The van der Waals surface area contributed by atoms with Crippen LogP contribution in [0, 0.1) is 0 Å². The summed E-state index contributed by atoms with van der Waals surface area (Å²) in [6.07, 6.45) is 3.58. The highest BCUT2D eigenvalue weighted by molar-refractivity contribution is 6.15. The average molecular weight is 397 g/mol. The van der Waals surface area contributed by atoms with Gasteiger partial charge in [-0.25, -0.2) is 0 Å². The molecule has 2 heterocycles. The zero-order valence-electron chi connectivity index (χ0n) is 16.2. The van der Waals surface area contributed by atoms with Crippen molar-refractivity contribution in [2.75, 3.05) is 26.9 Å². The van der Waals surface area contributed by atoms with E-state index in [1.807, 2.05) is 0 Å². The third-order valence-corrected chi connectivity index (χ3v) is 4.60. The zero-order chi connectivity index (χ0) is 20.8. The van der Waals surface area contributed by atoms with Crippen LogP contribution in [0.15, 0.2) is 71.1 Å². The number of rotatable bonds is 10. The number of carbonyl (C=O) groups excluding carboxylic acids is 2. The minimum Gasteiger partial charge on any atom is -0.503 e. The summed E-state index contributed by atoms with van der Waals surface area (Å²) in [5.74, 6) is -0.967. The van der Waals surface area contributed by atoms with Gasteiger partial charge in [-0.15, -0.1) is 0 Å². The van der Waals surface area contributed by atoms with E-state index in [2.05, 4.69) is 6.58 Å². The van der Waals surface area contributed by atoms with Crippen molar-refractivity contribution in [2.24, 2.45) is 0 Å². The fourth-order valence-electron chi connectivity index (χ4n) is 3.28. The molecule has 1 unspecified atom stereocenters. The number of aliphatic hydroxyl groups is 1. The maximum absolute atomic E-state index is 13.0. The molecule has 29 heavy (non-hydrogen) atoms. The SMILES string of the molecule is C=CCOc1ccc(C2C(C(=O)c3ccco3)=C(O)C(=O)N2CCCOC)cc1. The highest BCUT2D eigenvalue weighted by Gasteiger charge is 2.44. The number of ether oxygens (including phenoxy) is 2. The van der Waals surface area contributed by atoms with Gasteiger partial charge in [0.25, 0.3) is 5.91 Å². The third-order valence-electron chi connectivity index (χ3n) is 4.60. The van der Waals surface area contributed by atoms with Crippen LogP contribution in [0.3, 0.4) is 0 Å². The number of hydrogen-bond acceptors (Lipinski definition) is 6. The molecule has 0 bridgehead atoms. The van der Waals surface area contributed by atoms with Crippen molar-refractivity contribution >= 4 is 11.7 Å². The number of methoxy groups -OCH3 is 1. The molecule has 0 spiro atoms. The number of ketones is 1. The maximum Gasteiger partial charge on any atom is 0.290 e. The predicted molar refractivity (Wildman–Crippen MR) is 106 cm³/mol. The van der Waals surface area contributed by atoms with Gasteiger partial charge in [0, 0.05) is 20.3 Å². The molecule has 0 aliphatic carbocycles. The van der Waals surface area contributed by atoms with Crippen LogP contribution >= 0.6 is 0 Å². The lowest BCUT2D eigenvalue weighted by atomic mass is 9.95. The van der Waals surface area contributed by atoms with Gasteiger partial charge in [-0.1, -0.05) is 24.8 Å². The lowest BCUT2D eigenvalue weighted by Crippen LogP contribution is -2.32. The molecule has 2 aromatic rings. The van der Waals surface area contributed by atoms with E-state index < -0.39 is 23.5 Å². The molecule has 0 saturated heterocycles. The predicted octanol–water partition coefficient (Wildman–Crippen LogP) is 3.46. The molecule has 1 aromatic carbocycles.